The first-order chi connectivity index (χ1) is 15.1. The van der Waals surface area contributed by atoms with Crippen molar-refractivity contribution in [1.29, 1.82) is 0 Å². The number of nitrogens with one attached hydrogen (secondary N) is 1. The number of methoxy groups -OCH3 is 2. The SMILES string of the molecule is COc1cc(/C=C/C(=O)O)cc(S(=O)(=O)Nc2cc(C(F)(F)F)cc(C(F)(F)F)c2)c1OC. The summed E-state index contributed by atoms with van der Waals surface area (Å²) in [5, 5.41) is 8.75. The second-order valence-corrected chi connectivity index (χ2v) is 7.98. The molecular formula is C19H15F6NO6S. The lowest BCUT2D eigenvalue weighted by Crippen LogP contribution is -2.17. The van der Waals surface area contributed by atoms with E-state index in [1.165, 1.54) is 6.07 Å². The van der Waals surface area contributed by atoms with Crippen LogP contribution in [0.1, 0.15) is 16.7 Å². The quantitative estimate of drug-likeness (QED) is 0.425. The fourth-order valence-corrected chi connectivity index (χ4v) is 3.89. The molecule has 0 atom stereocenters. The number of hydrogen-bond acceptors (Lipinski definition) is 5. The molecule has 33 heavy (non-hydrogen) atoms. The second kappa shape index (κ2) is 9.21. The Morgan fingerprint density at radius 1 is 0.939 bits per heavy atom. The van der Waals surface area contributed by atoms with Crippen molar-refractivity contribution < 1.29 is 54.1 Å². The van der Waals surface area contributed by atoms with Crippen LogP contribution in [-0.2, 0) is 27.2 Å². The molecule has 2 aromatic rings. The van der Waals surface area contributed by atoms with Gasteiger partial charge in [0, 0.05) is 6.08 Å². The summed E-state index contributed by atoms with van der Waals surface area (Å²) in [4.78, 5) is 10.0. The first kappa shape index (κ1) is 25.8. The number of benzene rings is 2. The summed E-state index contributed by atoms with van der Waals surface area (Å²) in [6.07, 6.45) is -8.71. The average molecular weight is 499 g/mol. The van der Waals surface area contributed by atoms with E-state index in [0.717, 1.165) is 26.4 Å². The molecule has 0 bridgehead atoms. The van der Waals surface area contributed by atoms with E-state index in [1.54, 1.807) is 4.72 Å². The van der Waals surface area contributed by atoms with Crippen molar-refractivity contribution in [3.8, 4) is 11.5 Å². The lowest BCUT2D eigenvalue weighted by atomic mass is 10.1. The van der Waals surface area contributed by atoms with Gasteiger partial charge in [-0.2, -0.15) is 26.3 Å². The molecular weight excluding hydrogens is 484 g/mol. The third-order valence-corrected chi connectivity index (χ3v) is 5.40. The number of ether oxygens (including phenoxy) is 2. The first-order valence-electron chi connectivity index (χ1n) is 8.58. The van der Waals surface area contributed by atoms with Gasteiger partial charge in [-0.05, 0) is 42.0 Å². The molecule has 0 saturated carbocycles. The lowest BCUT2D eigenvalue weighted by molar-refractivity contribution is -0.143. The van der Waals surface area contributed by atoms with E-state index in [1.807, 2.05) is 0 Å². The number of halogens is 6. The van der Waals surface area contributed by atoms with Crippen LogP contribution in [0.4, 0.5) is 32.0 Å². The molecule has 0 spiro atoms. The molecule has 0 unspecified atom stereocenters. The number of alkyl halides is 6. The maximum Gasteiger partial charge on any atom is 0.416 e. The van der Waals surface area contributed by atoms with Crippen LogP contribution in [0.2, 0.25) is 0 Å². The number of carboxylic acid groups (broad SMARTS) is 1. The number of carboxylic acids is 1. The fraction of sp³-hybridized carbons (Fsp3) is 0.211. The lowest BCUT2D eigenvalue weighted by Gasteiger charge is -2.17. The van der Waals surface area contributed by atoms with Crippen LogP contribution < -0.4 is 14.2 Å². The summed E-state index contributed by atoms with van der Waals surface area (Å²) in [5.41, 5.74) is -4.48. The summed E-state index contributed by atoms with van der Waals surface area (Å²) in [6, 6.07) is 2.36. The number of rotatable bonds is 7. The molecule has 180 valence electrons. The maximum absolute atomic E-state index is 13.1. The molecule has 7 nitrogen and oxygen atoms in total. The molecule has 0 aromatic heterocycles. The van der Waals surface area contributed by atoms with Gasteiger partial charge >= 0.3 is 18.3 Å². The molecule has 0 heterocycles. The summed E-state index contributed by atoms with van der Waals surface area (Å²) in [6.45, 7) is 0. The van der Waals surface area contributed by atoms with Crippen LogP contribution >= 0.6 is 0 Å². The monoisotopic (exact) mass is 499 g/mol. The van der Waals surface area contributed by atoms with Gasteiger partial charge in [-0.15, -0.1) is 0 Å². The number of carbonyl (C=O) groups is 1. The van der Waals surface area contributed by atoms with Gasteiger partial charge < -0.3 is 14.6 Å². The molecule has 0 saturated heterocycles. The van der Waals surface area contributed by atoms with Crippen molar-refractivity contribution in [3.63, 3.8) is 0 Å². The van der Waals surface area contributed by atoms with Crippen molar-refractivity contribution in [2.45, 2.75) is 17.2 Å². The minimum Gasteiger partial charge on any atom is -0.493 e. The van der Waals surface area contributed by atoms with E-state index < -0.39 is 55.8 Å². The van der Waals surface area contributed by atoms with Crippen molar-refractivity contribution in [2.75, 3.05) is 18.9 Å². The van der Waals surface area contributed by atoms with Gasteiger partial charge in [-0.1, -0.05) is 0 Å². The third kappa shape index (κ3) is 6.31. The van der Waals surface area contributed by atoms with Crippen LogP contribution in [0.25, 0.3) is 6.08 Å². The predicted molar refractivity (Wildman–Crippen MR) is 103 cm³/mol. The van der Waals surface area contributed by atoms with Crippen LogP contribution in [0.5, 0.6) is 11.5 Å². The van der Waals surface area contributed by atoms with Gasteiger partial charge in [0.25, 0.3) is 10.0 Å². The molecule has 0 amide bonds. The van der Waals surface area contributed by atoms with Gasteiger partial charge in [0.15, 0.2) is 11.5 Å². The highest BCUT2D eigenvalue weighted by molar-refractivity contribution is 7.92. The topological polar surface area (TPSA) is 102 Å². The van der Waals surface area contributed by atoms with Crippen LogP contribution in [0.3, 0.4) is 0 Å². The molecule has 0 aliphatic rings. The summed E-state index contributed by atoms with van der Waals surface area (Å²) >= 11 is 0. The van der Waals surface area contributed by atoms with Gasteiger partial charge in [0.1, 0.15) is 4.90 Å². The zero-order chi connectivity index (χ0) is 25.2. The van der Waals surface area contributed by atoms with E-state index in [2.05, 4.69) is 0 Å². The van der Waals surface area contributed by atoms with E-state index in [9.17, 15) is 39.6 Å². The van der Waals surface area contributed by atoms with Crippen LogP contribution in [0, 0.1) is 0 Å². The van der Waals surface area contributed by atoms with Gasteiger partial charge in [0.2, 0.25) is 0 Å². The fourth-order valence-electron chi connectivity index (χ4n) is 2.64. The molecule has 0 fully saturated rings. The Hall–Kier alpha value is -3.42. The van der Waals surface area contributed by atoms with Gasteiger partial charge in [-0.25, -0.2) is 13.2 Å². The van der Waals surface area contributed by atoms with Gasteiger partial charge in [-0.3, -0.25) is 4.72 Å². The minimum atomic E-state index is -5.19. The standard InChI is InChI=1S/C19H15F6NO6S/c1-31-14-5-10(3-4-16(27)28)6-15(17(14)32-2)33(29,30)26-13-8-11(18(20,21)22)7-12(9-13)19(23,24)25/h3-9,26H,1-2H3,(H,27,28)/b4-3+. The Balaban J connectivity index is 2.68. The third-order valence-electron chi connectivity index (χ3n) is 4.01. The molecule has 2 aromatic carbocycles. The Labute approximate surface area is 183 Å². The summed E-state index contributed by atoms with van der Waals surface area (Å²) in [7, 11) is -2.66. The molecule has 0 aliphatic carbocycles. The molecule has 2 N–H and O–H groups in total. The van der Waals surface area contributed by atoms with E-state index >= 15 is 0 Å². The number of sulfonamides is 1. The van der Waals surface area contributed by atoms with Gasteiger partial charge in [0.05, 0.1) is 31.0 Å². The van der Waals surface area contributed by atoms with Crippen molar-refractivity contribution in [1.82, 2.24) is 0 Å². The summed E-state index contributed by atoms with van der Waals surface area (Å²) in [5.74, 6) is -1.97. The first-order valence-corrected chi connectivity index (χ1v) is 10.1. The summed E-state index contributed by atoms with van der Waals surface area (Å²) < 4.78 is 116. The average Bonchev–Trinajstić information content (AvgIpc) is 2.69. The Kier molecular flexibility index (Phi) is 7.21. The molecule has 0 radical (unpaired) electrons. The zero-order valence-corrected chi connectivity index (χ0v) is 17.5. The largest absolute Gasteiger partial charge is 0.493 e. The highest BCUT2D eigenvalue weighted by Gasteiger charge is 2.37. The predicted octanol–water partition coefficient (Wildman–Crippen LogP) is 4.64. The second-order valence-electron chi connectivity index (χ2n) is 6.33. The Bertz CT molecular complexity index is 1160. The normalized spacial score (nSPS) is 12.6. The van der Waals surface area contributed by atoms with E-state index in [0.29, 0.717) is 6.08 Å². The van der Waals surface area contributed by atoms with E-state index in [-0.39, 0.29) is 29.5 Å². The van der Waals surface area contributed by atoms with Crippen molar-refractivity contribution >= 4 is 27.8 Å². The highest BCUT2D eigenvalue weighted by atomic mass is 32.2. The highest BCUT2D eigenvalue weighted by Crippen LogP contribution is 2.40. The number of hydrogen-bond donors (Lipinski definition) is 2. The number of aliphatic carboxylic acids is 1. The minimum absolute atomic E-state index is 0.0181. The Morgan fingerprint density at radius 2 is 1.48 bits per heavy atom. The molecule has 14 heteroatoms. The molecule has 2 rings (SSSR count). The smallest absolute Gasteiger partial charge is 0.416 e. The molecule has 0 aliphatic heterocycles. The maximum atomic E-state index is 13.1. The van der Waals surface area contributed by atoms with Crippen LogP contribution in [0.15, 0.2) is 41.3 Å². The Morgan fingerprint density at radius 3 is 1.91 bits per heavy atom. The zero-order valence-electron chi connectivity index (χ0n) is 16.7. The van der Waals surface area contributed by atoms with Crippen LogP contribution in [-0.4, -0.2) is 33.7 Å². The number of anilines is 1. The van der Waals surface area contributed by atoms with E-state index in [4.69, 9.17) is 14.6 Å². The van der Waals surface area contributed by atoms with Crippen molar-refractivity contribution in [2.24, 2.45) is 0 Å². The van der Waals surface area contributed by atoms with Crippen molar-refractivity contribution in [3.05, 3.63) is 53.1 Å².